The number of hydrogen-bond acceptors (Lipinski definition) is 12. The van der Waals surface area contributed by atoms with E-state index in [0.29, 0.717) is 69.5 Å². The van der Waals surface area contributed by atoms with Crippen LogP contribution in [0.2, 0.25) is 0 Å². The number of H-pyrrole nitrogens is 2. The summed E-state index contributed by atoms with van der Waals surface area (Å²) in [5, 5.41) is 3.30. The lowest BCUT2D eigenvalue weighted by Gasteiger charge is -2.22. The van der Waals surface area contributed by atoms with Gasteiger partial charge >= 0.3 is 0 Å². The van der Waals surface area contributed by atoms with Crippen LogP contribution in [0.4, 0.5) is 14.6 Å². The molecule has 6 aromatic heterocycles. The van der Waals surface area contributed by atoms with E-state index in [0.717, 1.165) is 10.1 Å². The van der Waals surface area contributed by atoms with Crippen LogP contribution < -0.4 is 22.2 Å². The molecule has 5 N–H and O–H groups in total. The van der Waals surface area contributed by atoms with Gasteiger partial charge in [-0.2, -0.15) is 0 Å². The molecule has 10 rings (SSSR count). The standard InChI is InChI=1S/C22H18FN7O.C17H16FN3O.C5H3BrN4/c1-2-15(28-20-18-19(25-11-24-18)26-12-27-20)21-29-16-10-6-9-14(23)17(16)22(31)30(21)13-7-4-3-5-8-13;1-2-13(19)16-20-14-10-6-9-12(18)15(14)17(22)21(16)11-7-4-3-5-8-11;6-4-3-5(9-1-7-3)10-2-8-4/h3-12,15H,2H2,1H3,(H2,24,25,26,27,28);3-10,13H,2,19H2,1H3;1-2H,(H,7,8,9,10)/t15-;13-;/m11./s1. The Morgan fingerprint density at radius 3 is 1.68 bits per heavy atom. The van der Waals surface area contributed by atoms with Gasteiger partial charge in [-0.3, -0.25) is 18.7 Å². The first-order valence-corrected chi connectivity index (χ1v) is 20.5. The van der Waals surface area contributed by atoms with Crippen molar-refractivity contribution in [1.29, 1.82) is 0 Å². The number of rotatable bonds is 8. The molecule has 63 heavy (non-hydrogen) atoms. The largest absolute Gasteiger partial charge is 0.358 e. The Morgan fingerprint density at radius 1 is 0.635 bits per heavy atom. The van der Waals surface area contributed by atoms with Gasteiger partial charge in [0.15, 0.2) is 17.1 Å². The Labute approximate surface area is 364 Å². The Bertz CT molecular complexity index is 3330. The molecule has 0 saturated heterocycles. The average Bonchev–Trinajstić information content (AvgIpc) is 4.01. The number of aromatic nitrogens is 12. The topological polar surface area (TPSA) is 217 Å². The fourth-order valence-electron chi connectivity index (χ4n) is 6.86. The van der Waals surface area contributed by atoms with Gasteiger partial charge in [-0.25, -0.2) is 48.7 Å². The second-order valence-electron chi connectivity index (χ2n) is 13.9. The molecule has 0 radical (unpaired) electrons. The predicted octanol–water partition coefficient (Wildman–Crippen LogP) is 7.80. The second-order valence-corrected chi connectivity index (χ2v) is 14.6. The molecule has 10 aromatic rings. The van der Waals surface area contributed by atoms with Gasteiger partial charge in [-0.15, -0.1) is 0 Å². The third kappa shape index (κ3) is 8.51. The normalized spacial score (nSPS) is 12.1. The summed E-state index contributed by atoms with van der Waals surface area (Å²) in [6.45, 7) is 3.89. The van der Waals surface area contributed by atoms with Crippen LogP contribution in [0.3, 0.4) is 0 Å². The molecule has 0 bridgehead atoms. The summed E-state index contributed by atoms with van der Waals surface area (Å²) in [7, 11) is 0. The molecule has 0 aliphatic carbocycles. The number of hydrogen-bond donors (Lipinski definition) is 4. The molecule has 19 heteroatoms. The van der Waals surface area contributed by atoms with Crippen LogP contribution in [0, 0.1) is 11.6 Å². The highest BCUT2D eigenvalue weighted by atomic mass is 79.9. The molecule has 0 aliphatic rings. The van der Waals surface area contributed by atoms with Crippen LogP contribution in [-0.2, 0) is 0 Å². The van der Waals surface area contributed by atoms with Crippen molar-refractivity contribution in [2.24, 2.45) is 5.73 Å². The lowest BCUT2D eigenvalue weighted by molar-refractivity contribution is 0.614. The van der Waals surface area contributed by atoms with Gasteiger partial charge in [0.2, 0.25) is 0 Å². The predicted molar refractivity (Wildman–Crippen MR) is 240 cm³/mol. The molecule has 0 aliphatic heterocycles. The molecule has 0 amide bonds. The number of halogens is 3. The lowest BCUT2D eigenvalue weighted by atomic mass is 10.1. The Hall–Kier alpha value is -7.64. The molecular weight excluding hydrogens is 874 g/mol. The molecule has 2 atom stereocenters. The number of anilines is 1. The zero-order valence-corrected chi connectivity index (χ0v) is 35.2. The van der Waals surface area contributed by atoms with Crippen molar-refractivity contribution in [2.75, 3.05) is 5.32 Å². The fourth-order valence-corrected chi connectivity index (χ4v) is 7.24. The second kappa shape index (κ2) is 18.5. The van der Waals surface area contributed by atoms with Crippen LogP contribution in [0.1, 0.15) is 50.4 Å². The SMILES string of the molecule is Brc1ncnc2nc[nH]c12.CC[C@@H](N)c1nc2cccc(F)c2c(=O)n1-c1ccccc1.CC[C@@H](Nc1ncnc2nc[nH]c12)c1nc2cccc(F)c2c(=O)n1-c1ccccc1. The highest BCUT2D eigenvalue weighted by molar-refractivity contribution is 9.10. The van der Waals surface area contributed by atoms with Gasteiger partial charge < -0.3 is 21.0 Å². The van der Waals surface area contributed by atoms with Crippen molar-refractivity contribution in [2.45, 2.75) is 38.8 Å². The summed E-state index contributed by atoms with van der Waals surface area (Å²) < 4.78 is 32.2. The first-order valence-electron chi connectivity index (χ1n) is 19.7. The maximum atomic E-state index is 14.5. The number of nitrogens with one attached hydrogen (secondary N) is 3. The van der Waals surface area contributed by atoms with Crippen molar-refractivity contribution >= 4 is 65.9 Å². The van der Waals surface area contributed by atoms with E-state index in [2.05, 4.69) is 66.1 Å². The van der Waals surface area contributed by atoms with Crippen LogP contribution in [0.15, 0.2) is 137 Å². The molecule has 0 saturated carbocycles. The van der Waals surface area contributed by atoms with E-state index in [1.807, 2.05) is 50.2 Å². The lowest BCUT2D eigenvalue weighted by Crippen LogP contribution is -2.28. The first kappa shape index (κ1) is 42.1. The van der Waals surface area contributed by atoms with Gasteiger partial charge in [-0.05, 0) is 77.3 Å². The molecule has 6 heterocycles. The zero-order valence-electron chi connectivity index (χ0n) is 33.6. The van der Waals surface area contributed by atoms with E-state index in [1.165, 1.54) is 40.0 Å². The van der Waals surface area contributed by atoms with Crippen molar-refractivity contribution in [3.8, 4) is 11.4 Å². The van der Waals surface area contributed by atoms with Crippen molar-refractivity contribution in [3.63, 3.8) is 0 Å². The third-order valence-corrected chi connectivity index (χ3v) is 10.6. The van der Waals surface area contributed by atoms with Gasteiger partial charge in [0.1, 0.15) is 62.3 Å². The van der Waals surface area contributed by atoms with E-state index in [9.17, 15) is 18.4 Å². The van der Waals surface area contributed by atoms with Crippen LogP contribution >= 0.6 is 15.9 Å². The maximum Gasteiger partial charge on any atom is 0.269 e. The minimum absolute atomic E-state index is 0.0154. The maximum absolute atomic E-state index is 14.5. The summed E-state index contributed by atoms with van der Waals surface area (Å²) in [5.74, 6) is 0.279. The third-order valence-electron chi connectivity index (χ3n) is 9.98. The number of fused-ring (bicyclic) bond motifs is 4. The number of benzene rings is 4. The minimum atomic E-state index is -0.595. The molecule has 0 spiro atoms. The number of nitrogens with zero attached hydrogens (tertiary/aromatic N) is 10. The van der Waals surface area contributed by atoms with E-state index in [4.69, 9.17) is 10.7 Å². The Morgan fingerprint density at radius 2 is 1.14 bits per heavy atom. The van der Waals surface area contributed by atoms with Crippen LogP contribution in [0.25, 0.3) is 55.5 Å². The first-order chi connectivity index (χ1) is 30.7. The monoisotopic (exact) mass is 910 g/mol. The molecule has 316 valence electrons. The molecule has 4 aromatic carbocycles. The molecular formula is C44H37BrF2N14O2. The van der Waals surface area contributed by atoms with E-state index >= 15 is 0 Å². The van der Waals surface area contributed by atoms with E-state index < -0.39 is 28.8 Å². The summed E-state index contributed by atoms with van der Waals surface area (Å²) in [6.07, 6.45) is 7.24. The average molecular weight is 912 g/mol. The summed E-state index contributed by atoms with van der Waals surface area (Å²) in [4.78, 5) is 65.7. The number of para-hydroxylation sites is 2. The zero-order chi connectivity index (χ0) is 44.0. The van der Waals surface area contributed by atoms with Crippen molar-refractivity contribution in [3.05, 3.63) is 171 Å². The van der Waals surface area contributed by atoms with Crippen molar-refractivity contribution < 1.29 is 8.78 Å². The minimum Gasteiger partial charge on any atom is -0.358 e. The Kier molecular flexibility index (Phi) is 12.4. The molecule has 16 nitrogen and oxygen atoms in total. The molecule has 0 unspecified atom stereocenters. The highest BCUT2D eigenvalue weighted by Crippen LogP contribution is 2.27. The summed E-state index contributed by atoms with van der Waals surface area (Å²) in [6, 6.07) is 26.2. The number of nitrogens with two attached hydrogens (primary N) is 1. The fraction of sp³-hybridized carbons (Fsp3) is 0.136. The smallest absolute Gasteiger partial charge is 0.269 e. The van der Waals surface area contributed by atoms with Gasteiger partial charge in [-0.1, -0.05) is 62.4 Å². The van der Waals surface area contributed by atoms with E-state index in [-0.39, 0.29) is 16.8 Å². The summed E-state index contributed by atoms with van der Waals surface area (Å²) >= 11 is 3.25. The number of aromatic amines is 2. The van der Waals surface area contributed by atoms with Gasteiger partial charge in [0, 0.05) is 0 Å². The number of imidazole rings is 2. The highest BCUT2D eigenvalue weighted by Gasteiger charge is 2.23. The van der Waals surface area contributed by atoms with Gasteiger partial charge in [0.05, 0.1) is 47.1 Å². The molecule has 0 fully saturated rings. The summed E-state index contributed by atoms with van der Waals surface area (Å²) in [5.41, 5.74) is 9.79. The van der Waals surface area contributed by atoms with Gasteiger partial charge in [0.25, 0.3) is 11.1 Å². The van der Waals surface area contributed by atoms with Crippen LogP contribution in [-0.4, -0.2) is 59.0 Å². The quantitative estimate of drug-likeness (QED) is 0.107. The van der Waals surface area contributed by atoms with Crippen molar-refractivity contribution in [1.82, 2.24) is 59.0 Å². The Balaban J connectivity index is 0.000000147. The van der Waals surface area contributed by atoms with Crippen LogP contribution in [0.5, 0.6) is 0 Å². The van der Waals surface area contributed by atoms with E-state index in [1.54, 1.807) is 55.1 Å².